The molecule has 0 amide bonds. The van der Waals surface area contributed by atoms with Crippen LogP contribution in [0.15, 0.2) is 6.07 Å². The molecule has 1 aromatic rings. The van der Waals surface area contributed by atoms with E-state index in [0.717, 1.165) is 11.4 Å². The van der Waals surface area contributed by atoms with Gasteiger partial charge in [0.1, 0.15) is 12.5 Å². The van der Waals surface area contributed by atoms with Gasteiger partial charge in [0.15, 0.2) is 5.78 Å². The predicted molar refractivity (Wildman–Crippen MR) is 67.2 cm³/mol. The minimum absolute atomic E-state index is 0.0696. The fourth-order valence-electron chi connectivity index (χ4n) is 2.04. The first-order valence-corrected chi connectivity index (χ1v) is 5.99. The summed E-state index contributed by atoms with van der Waals surface area (Å²) >= 11 is 0. The molecule has 100 valence electrons. The van der Waals surface area contributed by atoms with Crippen LogP contribution in [-0.4, -0.2) is 28.6 Å². The van der Waals surface area contributed by atoms with Crippen LogP contribution in [-0.2, 0) is 14.3 Å². The number of carbonyl (C=O) groups is 2. The normalized spacial score (nSPS) is 12.6. The zero-order chi connectivity index (χ0) is 13.9. The maximum atomic E-state index is 12.2. The van der Waals surface area contributed by atoms with Crippen molar-refractivity contribution >= 4 is 11.8 Å². The van der Waals surface area contributed by atoms with Crippen molar-refractivity contribution in [2.45, 2.75) is 40.2 Å². The third kappa shape index (κ3) is 3.18. The topological polar surface area (TPSA) is 61.2 Å². The number of hydrogen-bond acceptors (Lipinski definition) is 4. The second-order valence-corrected chi connectivity index (χ2v) is 4.78. The summed E-state index contributed by atoms with van der Waals surface area (Å²) in [4.78, 5) is 23.4. The lowest BCUT2D eigenvalue weighted by atomic mass is 9.98. The van der Waals surface area contributed by atoms with Crippen molar-refractivity contribution in [1.29, 1.82) is 0 Å². The molecule has 1 aromatic heterocycles. The number of ether oxygens (including phenoxy) is 1. The van der Waals surface area contributed by atoms with E-state index < -0.39 is 12.0 Å². The van der Waals surface area contributed by atoms with E-state index >= 15 is 0 Å². The average molecular weight is 252 g/mol. The molecule has 0 aromatic carbocycles. The van der Waals surface area contributed by atoms with Crippen LogP contribution >= 0.6 is 0 Å². The van der Waals surface area contributed by atoms with Crippen molar-refractivity contribution in [2.24, 2.45) is 5.92 Å². The van der Waals surface area contributed by atoms with Crippen molar-refractivity contribution in [3.05, 3.63) is 17.5 Å². The van der Waals surface area contributed by atoms with Crippen LogP contribution in [0.2, 0.25) is 0 Å². The molecular formula is C13H20N2O3. The summed E-state index contributed by atoms with van der Waals surface area (Å²) in [5.41, 5.74) is 1.79. The number of ketones is 1. The molecule has 0 bridgehead atoms. The van der Waals surface area contributed by atoms with Crippen molar-refractivity contribution in [3.63, 3.8) is 0 Å². The molecule has 0 radical (unpaired) electrons. The molecule has 0 aliphatic carbocycles. The number of carbonyl (C=O) groups excluding carboxylic acids is 2. The van der Waals surface area contributed by atoms with Crippen molar-refractivity contribution in [3.8, 4) is 0 Å². The molecule has 5 heteroatoms. The molecule has 0 spiro atoms. The second kappa shape index (κ2) is 5.80. The molecule has 0 fully saturated rings. The van der Waals surface area contributed by atoms with E-state index in [0.29, 0.717) is 0 Å². The summed E-state index contributed by atoms with van der Waals surface area (Å²) in [5.74, 6) is -0.601. The fraction of sp³-hybridized carbons (Fsp3) is 0.615. The largest absolute Gasteiger partial charge is 0.469 e. The Bertz CT molecular complexity index is 449. The maximum Gasteiger partial charge on any atom is 0.313 e. The highest BCUT2D eigenvalue weighted by Gasteiger charge is 2.27. The van der Waals surface area contributed by atoms with Crippen molar-refractivity contribution < 1.29 is 14.3 Å². The number of nitrogens with zero attached hydrogens (tertiary/aromatic N) is 2. The Morgan fingerprint density at radius 2 is 2.00 bits per heavy atom. The molecule has 1 unspecified atom stereocenters. The SMILES string of the molecule is COC(=O)CC(=O)C(C(C)C)n1nc(C)cc1C. The van der Waals surface area contributed by atoms with Crippen LogP contribution in [0, 0.1) is 19.8 Å². The molecule has 1 rings (SSSR count). The van der Waals surface area contributed by atoms with E-state index in [1.54, 1.807) is 4.68 Å². The lowest BCUT2D eigenvalue weighted by Gasteiger charge is -2.21. The highest BCUT2D eigenvalue weighted by molar-refractivity contribution is 5.97. The standard InChI is InChI=1S/C13H20N2O3/c1-8(2)13(11(16)7-12(17)18-5)15-10(4)6-9(3)14-15/h6,8,13H,7H2,1-5H3. The first-order valence-electron chi connectivity index (χ1n) is 5.99. The van der Waals surface area contributed by atoms with Gasteiger partial charge in [-0.05, 0) is 25.8 Å². The Morgan fingerprint density at radius 1 is 1.39 bits per heavy atom. The highest BCUT2D eigenvalue weighted by Crippen LogP contribution is 2.22. The molecule has 0 N–H and O–H groups in total. The van der Waals surface area contributed by atoms with Gasteiger partial charge in [0, 0.05) is 5.69 Å². The minimum Gasteiger partial charge on any atom is -0.469 e. The summed E-state index contributed by atoms with van der Waals surface area (Å²) in [6.07, 6.45) is -0.211. The van der Waals surface area contributed by atoms with E-state index in [9.17, 15) is 9.59 Å². The van der Waals surface area contributed by atoms with E-state index in [1.807, 2.05) is 33.8 Å². The number of aryl methyl sites for hydroxylation is 2. The molecule has 0 saturated heterocycles. The summed E-state index contributed by atoms with van der Waals surface area (Å²) in [6.45, 7) is 7.67. The maximum absolute atomic E-state index is 12.2. The minimum atomic E-state index is -0.507. The Labute approximate surface area is 107 Å². The number of aromatic nitrogens is 2. The quantitative estimate of drug-likeness (QED) is 0.592. The van der Waals surface area contributed by atoms with E-state index in [1.165, 1.54) is 7.11 Å². The lowest BCUT2D eigenvalue weighted by Crippen LogP contribution is -2.28. The van der Waals surface area contributed by atoms with Crippen LogP contribution in [0.25, 0.3) is 0 Å². The summed E-state index contributed by atoms with van der Waals surface area (Å²) < 4.78 is 6.23. The number of esters is 1. The Kier molecular flexibility index (Phi) is 4.64. The van der Waals surface area contributed by atoms with Crippen LogP contribution in [0.4, 0.5) is 0 Å². The monoisotopic (exact) mass is 252 g/mol. The van der Waals surface area contributed by atoms with Crippen LogP contribution in [0.1, 0.15) is 37.7 Å². The Morgan fingerprint density at radius 3 is 2.39 bits per heavy atom. The number of hydrogen-bond donors (Lipinski definition) is 0. The lowest BCUT2D eigenvalue weighted by molar-refractivity contribution is -0.144. The molecule has 0 aliphatic rings. The van der Waals surface area contributed by atoms with Gasteiger partial charge in [-0.15, -0.1) is 0 Å². The zero-order valence-electron chi connectivity index (χ0n) is 11.6. The third-order valence-electron chi connectivity index (χ3n) is 2.82. The fourth-order valence-corrected chi connectivity index (χ4v) is 2.04. The van der Waals surface area contributed by atoms with Gasteiger partial charge in [-0.25, -0.2) is 0 Å². The van der Waals surface area contributed by atoms with Gasteiger partial charge in [-0.1, -0.05) is 13.8 Å². The molecule has 0 saturated carbocycles. The molecule has 0 aliphatic heterocycles. The molecule has 1 atom stereocenters. The van der Waals surface area contributed by atoms with Gasteiger partial charge in [-0.2, -0.15) is 5.10 Å². The summed E-state index contributed by atoms with van der Waals surface area (Å²) in [5, 5.41) is 4.33. The first kappa shape index (κ1) is 14.4. The zero-order valence-corrected chi connectivity index (χ0v) is 11.6. The molecule has 5 nitrogen and oxygen atoms in total. The van der Waals surface area contributed by atoms with Crippen LogP contribution < -0.4 is 0 Å². The van der Waals surface area contributed by atoms with E-state index in [2.05, 4.69) is 9.84 Å². The van der Waals surface area contributed by atoms with E-state index in [4.69, 9.17) is 0 Å². The second-order valence-electron chi connectivity index (χ2n) is 4.78. The van der Waals surface area contributed by atoms with Gasteiger partial charge in [0.2, 0.25) is 0 Å². The molecule has 1 heterocycles. The number of methoxy groups -OCH3 is 1. The third-order valence-corrected chi connectivity index (χ3v) is 2.82. The average Bonchev–Trinajstić information content (AvgIpc) is 2.57. The Balaban J connectivity index is 3.00. The highest BCUT2D eigenvalue weighted by atomic mass is 16.5. The Hall–Kier alpha value is -1.65. The van der Waals surface area contributed by atoms with Crippen molar-refractivity contribution in [2.75, 3.05) is 7.11 Å². The summed E-state index contributed by atoms with van der Waals surface area (Å²) in [7, 11) is 1.28. The molecular weight excluding hydrogens is 232 g/mol. The predicted octanol–water partition coefficient (Wildman–Crippen LogP) is 1.83. The number of rotatable bonds is 5. The first-order chi connectivity index (χ1) is 8.36. The van der Waals surface area contributed by atoms with Gasteiger partial charge >= 0.3 is 5.97 Å². The van der Waals surface area contributed by atoms with Gasteiger partial charge in [0.05, 0.1) is 12.8 Å². The van der Waals surface area contributed by atoms with Gasteiger partial charge in [0.25, 0.3) is 0 Å². The van der Waals surface area contributed by atoms with E-state index in [-0.39, 0.29) is 18.1 Å². The van der Waals surface area contributed by atoms with Gasteiger partial charge < -0.3 is 4.74 Å². The molecule has 18 heavy (non-hydrogen) atoms. The smallest absolute Gasteiger partial charge is 0.313 e. The van der Waals surface area contributed by atoms with Crippen LogP contribution in [0.5, 0.6) is 0 Å². The number of Topliss-reactive ketones (excluding diaryl/α,β-unsaturated/α-hetero) is 1. The van der Waals surface area contributed by atoms with Crippen LogP contribution in [0.3, 0.4) is 0 Å². The van der Waals surface area contributed by atoms with Crippen molar-refractivity contribution in [1.82, 2.24) is 9.78 Å². The summed E-state index contributed by atoms with van der Waals surface area (Å²) in [6, 6.07) is 1.50. The van der Waals surface area contributed by atoms with Gasteiger partial charge in [-0.3, -0.25) is 14.3 Å².